The van der Waals surface area contributed by atoms with Gasteiger partial charge >= 0.3 is 0 Å². The van der Waals surface area contributed by atoms with Gasteiger partial charge in [0.1, 0.15) is 5.82 Å². The summed E-state index contributed by atoms with van der Waals surface area (Å²) in [5, 5.41) is 4.28. The molecule has 0 fully saturated rings. The number of benzene rings is 1. The van der Waals surface area contributed by atoms with Gasteiger partial charge in [0.15, 0.2) is 11.5 Å². The van der Waals surface area contributed by atoms with E-state index in [0.29, 0.717) is 24.6 Å². The van der Waals surface area contributed by atoms with E-state index in [-0.39, 0.29) is 0 Å². The predicted octanol–water partition coefficient (Wildman–Crippen LogP) is 1.88. The average molecular weight is 272 g/mol. The van der Waals surface area contributed by atoms with Crippen LogP contribution in [0.5, 0.6) is 11.5 Å². The zero-order valence-corrected chi connectivity index (χ0v) is 11.2. The Morgan fingerprint density at radius 3 is 3.05 bits per heavy atom. The van der Waals surface area contributed by atoms with Crippen molar-refractivity contribution in [3.8, 4) is 11.5 Å². The van der Waals surface area contributed by atoms with Crippen molar-refractivity contribution in [2.75, 3.05) is 12.5 Å². The fraction of sp³-hybridized carbons (Fsp3) is 0.429. The SMILES string of the molecule is CC1CC(c2ccc3c(c2)OCO3)Cn2nc(N)nc21. The Morgan fingerprint density at radius 2 is 2.15 bits per heavy atom. The summed E-state index contributed by atoms with van der Waals surface area (Å²) in [5.41, 5.74) is 6.95. The molecule has 0 saturated heterocycles. The Kier molecular flexibility index (Phi) is 2.39. The lowest BCUT2D eigenvalue weighted by atomic mass is 9.86. The molecular formula is C14H16N4O2. The van der Waals surface area contributed by atoms with Gasteiger partial charge in [0.05, 0.1) is 0 Å². The molecule has 1 aromatic heterocycles. The van der Waals surface area contributed by atoms with Gasteiger partial charge in [-0.05, 0) is 24.1 Å². The maximum atomic E-state index is 5.70. The number of hydrogen-bond acceptors (Lipinski definition) is 5. The summed E-state index contributed by atoms with van der Waals surface area (Å²) in [7, 11) is 0. The number of nitrogen functional groups attached to an aromatic ring is 1. The Bertz CT molecular complexity index is 667. The van der Waals surface area contributed by atoms with E-state index < -0.39 is 0 Å². The van der Waals surface area contributed by atoms with Crippen LogP contribution in [0.3, 0.4) is 0 Å². The monoisotopic (exact) mass is 272 g/mol. The predicted molar refractivity (Wildman–Crippen MR) is 72.8 cm³/mol. The highest BCUT2D eigenvalue weighted by atomic mass is 16.7. The Labute approximate surface area is 116 Å². The summed E-state index contributed by atoms with van der Waals surface area (Å²) in [6.45, 7) is 3.28. The molecule has 4 rings (SSSR count). The minimum absolute atomic E-state index is 0.309. The van der Waals surface area contributed by atoms with Crippen LogP contribution in [0.15, 0.2) is 18.2 Å². The van der Waals surface area contributed by atoms with E-state index in [1.54, 1.807) is 0 Å². The third kappa shape index (κ3) is 1.71. The molecule has 3 heterocycles. The fourth-order valence-electron chi connectivity index (χ4n) is 3.10. The lowest BCUT2D eigenvalue weighted by Crippen LogP contribution is -2.22. The molecule has 0 aliphatic carbocycles. The molecule has 1 aromatic carbocycles. The van der Waals surface area contributed by atoms with Crippen molar-refractivity contribution in [1.82, 2.24) is 14.8 Å². The van der Waals surface area contributed by atoms with Crippen molar-refractivity contribution in [3.05, 3.63) is 29.6 Å². The van der Waals surface area contributed by atoms with Crippen molar-refractivity contribution in [2.45, 2.75) is 31.7 Å². The number of ether oxygens (including phenoxy) is 2. The molecule has 0 amide bonds. The van der Waals surface area contributed by atoms with E-state index in [1.807, 2.05) is 10.7 Å². The molecule has 104 valence electrons. The van der Waals surface area contributed by atoms with Crippen molar-refractivity contribution < 1.29 is 9.47 Å². The first kappa shape index (κ1) is 11.6. The van der Waals surface area contributed by atoms with E-state index in [2.05, 4.69) is 29.1 Å². The lowest BCUT2D eigenvalue weighted by molar-refractivity contribution is 0.174. The van der Waals surface area contributed by atoms with E-state index in [0.717, 1.165) is 30.3 Å². The van der Waals surface area contributed by atoms with Crippen molar-refractivity contribution >= 4 is 5.95 Å². The van der Waals surface area contributed by atoms with Gasteiger partial charge in [0.25, 0.3) is 0 Å². The summed E-state index contributed by atoms with van der Waals surface area (Å²) in [6, 6.07) is 6.16. The number of fused-ring (bicyclic) bond motifs is 2. The van der Waals surface area contributed by atoms with Gasteiger partial charge in [-0.3, -0.25) is 0 Å². The maximum Gasteiger partial charge on any atom is 0.239 e. The first-order valence-electron chi connectivity index (χ1n) is 6.80. The highest BCUT2D eigenvalue weighted by Crippen LogP contribution is 2.39. The van der Waals surface area contributed by atoms with Gasteiger partial charge in [-0.1, -0.05) is 13.0 Å². The van der Waals surface area contributed by atoms with E-state index in [1.165, 1.54) is 5.56 Å². The van der Waals surface area contributed by atoms with Crippen molar-refractivity contribution in [2.24, 2.45) is 0 Å². The van der Waals surface area contributed by atoms with Crippen LogP contribution in [0.4, 0.5) is 5.95 Å². The number of hydrogen-bond donors (Lipinski definition) is 1. The first-order chi connectivity index (χ1) is 9.70. The second kappa shape index (κ2) is 4.13. The molecule has 2 aromatic rings. The molecule has 0 bridgehead atoms. The largest absolute Gasteiger partial charge is 0.454 e. The van der Waals surface area contributed by atoms with Crippen molar-refractivity contribution in [3.63, 3.8) is 0 Å². The number of anilines is 1. The van der Waals surface area contributed by atoms with Crippen LogP contribution in [-0.2, 0) is 6.54 Å². The van der Waals surface area contributed by atoms with Crippen LogP contribution in [0, 0.1) is 0 Å². The number of aromatic nitrogens is 3. The molecule has 2 aliphatic rings. The van der Waals surface area contributed by atoms with Crippen molar-refractivity contribution in [1.29, 1.82) is 0 Å². The van der Waals surface area contributed by atoms with Crippen LogP contribution >= 0.6 is 0 Å². The summed E-state index contributed by atoms with van der Waals surface area (Å²) in [5.74, 6) is 3.75. The minimum atomic E-state index is 0.309. The topological polar surface area (TPSA) is 75.2 Å². The van der Waals surface area contributed by atoms with Gasteiger partial charge < -0.3 is 15.2 Å². The molecule has 2 atom stereocenters. The van der Waals surface area contributed by atoms with E-state index in [9.17, 15) is 0 Å². The number of nitrogens with two attached hydrogens (primary N) is 1. The second-order valence-electron chi connectivity index (χ2n) is 5.46. The molecule has 0 radical (unpaired) electrons. The maximum absolute atomic E-state index is 5.70. The zero-order valence-electron chi connectivity index (χ0n) is 11.2. The second-order valence-corrected chi connectivity index (χ2v) is 5.46. The summed E-state index contributed by atoms with van der Waals surface area (Å²) >= 11 is 0. The standard InChI is InChI=1S/C14H16N4O2/c1-8-4-10(6-18-13(8)16-14(15)17-18)9-2-3-11-12(5-9)20-7-19-11/h2-3,5,8,10H,4,6-7H2,1H3,(H2,15,17). The number of nitrogens with zero attached hydrogens (tertiary/aromatic N) is 3. The van der Waals surface area contributed by atoms with Crippen LogP contribution < -0.4 is 15.2 Å². The van der Waals surface area contributed by atoms with Gasteiger partial charge in [-0.25, -0.2) is 4.68 Å². The number of rotatable bonds is 1. The van der Waals surface area contributed by atoms with Crippen LogP contribution in [0.25, 0.3) is 0 Å². The molecule has 6 nitrogen and oxygen atoms in total. The molecule has 2 aliphatic heterocycles. The van der Waals surface area contributed by atoms with Gasteiger partial charge in [-0.2, -0.15) is 4.98 Å². The third-order valence-corrected chi connectivity index (χ3v) is 4.06. The first-order valence-corrected chi connectivity index (χ1v) is 6.80. The lowest BCUT2D eigenvalue weighted by Gasteiger charge is -2.27. The Hall–Kier alpha value is -2.24. The Morgan fingerprint density at radius 1 is 1.30 bits per heavy atom. The van der Waals surface area contributed by atoms with Gasteiger partial charge in [0, 0.05) is 18.4 Å². The van der Waals surface area contributed by atoms with Gasteiger partial charge in [0.2, 0.25) is 12.7 Å². The van der Waals surface area contributed by atoms with Crippen LogP contribution in [-0.4, -0.2) is 21.6 Å². The highest BCUT2D eigenvalue weighted by Gasteiger charge is 2.29. The highest BCUT2D eigenvalue weighted by molar-refractivity contribution is 5.45. The average Bonchev–Trinajstić information content (AvgIpc) is 3.03. The summed E-state index contributed by atoms with van der Waals surface area (Å²) < 4.78 is 12.7. The normalized spacial score (nSPS) is 23.6. The van der Waals surface area contributed by atoms with E-state index in [4.69, 9.17) is 15.2 Å². The molecular weight excluding hydrogens is 256 g/mol. The summed E-state index contributed by atoms with van der Waals surface area (Å²) in [6.07, 6.45) is 1.04. The molecule has 0 spiro atoms. The zero-order chi connectivity index (χ0) is 13.7. The van der Waals surface area contributed by atoms with Crippen LogP contribution in [0.2, 0.25) is 0 Å². The van der Waals surface area contributed by atoms with E-state index >= 15 is 0 Å². The molecule has 2 N–H and O–H groups in total. The molecule has 0 saturated carbocycles. The Balaban J connectivity index is 1.67. The summed E-state index contributed by atoms with van der Waals surface area (Å²) in [4.78, 5) is 4.30. The van der Waals surface area contributed by atoms with Crippen LogP contribution in [0.1, 0.15) is 36.6 Å². The third-order valence-electron chi connectivity index (χ3n) is 4.06. The molecule has 2 unspecified atom stereocenters. The van der Waals surface area contributed by atoms with Gasteiger partial charge in [-0.15, -0.1) is 5.10 Å². The quantitative estimate of drug-likeness (QED) is 0.857. The smallest absolute Gasteiger partial charge is 0.239 e. The minimum Gasteiger partial charge on any atom is -0.454 e. The molecule has 20 heavy (non-hydrogen) atoms. The fourth-order valence-corrected chi connectivity index (χ4v) is 3.10. The molecule has 6 heteroatoms.